The molecule has 0 N–H and O–H groups in total. The van der Waals surface area contributed by atoms with E-state index in [9.17, 15) is 9.59 Å². The Morgan fingerprint density at radius 3 is 2.58 bits per heavy atom. The molecule has 0 aliphatic carbocycles. The second-order valence-electron chi connectivity index (χ2n) is 4.12. The van der Waals surface area contributed by atoms with E-state index in [1.54, 1.807) is 0 Å². The summed E-state index contributed by atoms with van der Waals surface area (Å²) in [5.41, 5.74) is 1.22. The van der Waals surface area contributed by atoms with Gasteiger partial charge < -0.3 is 9.47 Å². The van der Waals surface area contributed by atoms with E-state index in [1.807, 2.05) is 18.2 Å². The zero-order valence-electron chi connectivity index (χ0n) is 11.1. The molecule has 4 nitrogen and oxygen atoms in total. The fourth-order valence-corrected chi connectivity index (χ4v) is 2.03. The molecule has 0 spiro atoms. The van der Waals surface area contributed by atoms with Gasteiger partial charge in [0.2, 0.25) is 5.78 Å². The molecule has 5 heteroatoms. The maximum absolute atomic E-state index is 11.4. The number of benzene rings is 1. The Kier molecular flexibility index (Phi) is 6.56. The van der Waals surface area contributed by atoms with Crippen LogP contribution in [-0.4, -0.2) is 25.0 Å². The highest BCUT2D eigenvalue weighted by Gasteiger charge is 2.08. The van der Waals surface area contributed by atoms with Crippen LogP contribution in [0.5, 0.6) is 5.75 Å². The van der Waals surface area contributed by atoms with Crippen LogP contribution in [0.3, 0.4) is 0 Å². The molecular weight excluding hydrogens is 312 g/mol. The van der Waals surface area contributed by atoms with Crippen molar-refractivity contribution < 1.29 is 19.1 Å². The third-order valence-corrected chi connectivity index (χ3v) is 2.98. The molecule has 1 rings (SSSR count). The first-order valence-electron chi connectivity index (χ1n) is 6.09. The van der Waals surface area contributed by atoms with E-state index >= 15 is 0 Å². The fourth-order valence-electron chi connectivity index (χ4n) is 1.49. The number of rotatable bonds is 7. The lowest BCUT2D eigenvalue weighted by atomic mass is 10.1. The summed E-state index contributed by atoms with van der Waals surface area (Å²) in [6, 6.07) is 5.78. The summed E-state index contributed by atoms with van der Waals surface area (Å²) in [6.45, 7) is 3.02. The van der Waals surface area contributed by atoms with Crippen LogP contribution in [0.2, 0.25) is 0 Å². The van der Waals surface area contributed by atoms with Crippen molar-refractivity contribution in [2.75, 3.05) is 13.2 Å². The highest BCUT2D eigenvalue weighted by atomic mass is 79.9. The van der Waals surface area contributed by atoms with Gasteiger partial charge in [0.25, 0.3) is 0 Å². The van der Waals surface area contributed by atoms with Crippen molar-refractivity contribution in [3.63, 3.8) is 0 Å². The Hall–Kier alpha value is -1.36. The van der Waals surface area contributed by atoms with Crippen LogP contribution in [0, 0.1) is 0 Å². The van der Waals surface area contributed by atoms with Gasteiger partial charge in [-0.2, -0.15) is 0 Å². The summed E-state index contributed by atoms with van der Waals surface area (Å²) in [5, 5.41) is 0. The zero-order valence-corrected chi connectivity index (χ0v) is 12.7. The standard InChI is InChI=1S/C14H17BrO4/c1-3-4-11-5-6-14(13(15)7-11)19-9-12(17)8-18-10(2)16/h5-7H,3-4,8-9H2,1-2H3. The van der Waals surface area contributed by atoms with Crippen molar-refractivity contribution >= 4 is 27.7 Å². The number of aryl methyl sites for hydroxylation is 1. The van der Waals surface area contributed by atoms with Gasteiger partial charge in [0.05, 0.1) is 4.47 Å². The molecule has 0 amide bonds. The third kappa shape index (κ3) is 5.87. The molecule has 1 aromatic rings. The molecule has 0 fully saturated rings. The van der Waals surface area contributed by atoms with Gasteiger partial charge in [0.15, 0.2) is 13.2 Å². The first kappa shape index (κ1) is 15.7. The van der Waals surface area contributed by atoms with E-state index in [0.717, 1.165) is 17.3 Å². The van der Waals surface area contributed by atoms with Gasteiger partial charge in [-0.05, 0) is 40.0 Å². The molecule has 0 saturated carbocycles. The first-order valence-corrected chi connectivity index (χ1v) is 6.88. The molecule has 19 heavy (non-hydrogen) atoms. The van der Waals surface area contributed by atoms with Crippen molar-refractivity contribution in [1.82, 2.24) is 0 Å². The smallest absolute Gasteiger partial charge is 0.303 e. The minimum atomic E-state index is -0.474. The molecule has 104 valence electrons. The second kappa shape index (κ2) is 7.94. The summed E-state index contributed by atoms with van der Waals surface area (Å²) >= 11 is 3.41. The average molecular weight is 329 g/mol. The molecule has 1 aromatic carbocycles. The molecule has 0 aliphatic heterocycles. The molecule has 0 bridgehead atoms. The van der Waals surface area contributed by atoms with Crippen LogP contribution in [0.4, 0.5) is 0 Å². The quantitative estimate of drug-likeness (QED) is 0.722. The lowest BCUT2D eigenvalue weighted by Crippen LogP contribution is -2.19. The van der Waals surface area contributed by atoms with Crippen LogP contribution < -0.4 is 4.74 Å². The van der Waals surface area contributed by atoms with Gasteiger partial charge in [-0.3, -0.25) is 9.59 Å². The summed E-state index contributed by atoms with van der Waals surface area (Å²) in [6.07, 6.45) is 2.08. The maximum atomic E-state index is 11.4. The lowest BCUT2D eigenvalue weighted by Gasteiger charge is -2.09. The van der Waals surface area contributed by atoms with Gasteiger partial charge in [-0.15, -0.1) is 0 Å². The Morgan fingerprint density at radius 2 is 2.00 bits per heavy atom. The van der Waals surface area contributed by atoms with E-state index < -0.39 is 5.97 Å². The highest BCUT2D eigenvalue weighted by molar-refractivity contribution is 9.10. The van der Waals surface area contributed by atoms with Gasteiger partial charge in [-0.1, -0.05) is 19.4 Å². The number of halogens is 1. The number of ketones is 1. The van der Waals surface area contributed by atoms with Gasteiger partial charge in [-0.25, -0.2) is 0 Å². The molecule has 0 atom stereocenters. The van der Waals surface area contributed by atoms with E-state index in [0.29, 0.717) is 5.75 Å². The first-order chi connectivity index (χ1) is 9.02. The lowest BCUT2D eigenvalue weighted by molar-refractivity contribution is -0.146. The van der Waals surface area contributed by atoms with E-state index in [2.05, 4.69) is 27.6 Å². The Bertz CT molecular complexity index is 457. The van der Waals surface area contributed by atoms with Crippen LogP contribution >= 0.6 is 15.9 Å². The molecule has 0 saturated heterocycles. The minimum Gasteiger partial charge on any atom is -0.485 e. The molecule has 0 heterocycles. The monoisotopic (exact) mass is 328 g/mol. The third-order valence-electron chi connectivity index (χ3n) is 2.36. The van der Waals surface area contributed by atoms with Gasteiger partial charge >= 0.3 is 5.97 Å². The average Bonchev–Trinajstić information content (AvgIpc) is 2.35. The number of hydrogen-bond donors (Lipinski definition) is 0. The normalized spacial score (nSPS) is 10.1. The van der Waals surface area contributed by atoms with Gasteiger partial charge in [0.1, 0.15) is 5.75 Å². The molecule has 0 unspecified atom stereocenters. The summed E-state index contributed by atoms with van der Waals surface area (Å²) in [4.78, 5) is 21.9. The Labute approximate surface area is 121 Å². The van der Waals surface area contributed by atoms with Crippen molar-refractivity contribution in [2.24, 2.45) is 0 Å². The zero-order chi connectivity index (χ0) is 14.3. The minimum absolute atomic E-state index is 0.112. The number of ether oxygens (including phenoxy) is 2. The largest absolute Gasteiger partial charge is 0.485 e. The van der Waals surface area contributed by atoms with Crippen LogP contribution in [0.1, 0.15) is 25.8 Å². The predicted molar refractivity (Wildman–Crippen MR) is 75.3 cm³/mol. The van der Waals surface area contributed by atoms with Crippen molar-refractivity contribution in [3.05, 3.63) is 28.2 Å². The van der Waals surface area contributed by atoms with E-state index in [1.165, 1.54) is 12.5 Å². The summed E-state index contributed by atoms with van der Waals surface area (Å²) in [7, 11) is 0. The van der Waals surface area contributed by atoms with Crippen molar-refractivity contribution in [2.45, 2.75) is 26.7 Å². The molecule has 0 radical (unpaired) electrons. The van der Waals surface area contributed by atoms with Crippen LogP contribution in [0.15, 0.2) is 22.7 Å². The number of carbonyl (C=O) groups is 2. The molecular formula is C14H17BrO4. The SMILES string of the molecule is CCCc1ccc(OCC(=O)COC(C)=O)c(Br)c1. The number of carbonyl (C=O) groups excluding carboxylic acids is 2. The molecule has 0 aromatic heterocycles. The fraction of sp³-hybridized carbons (Fsp3) is 0.429. The number of hydrogen-bond acceptors (Lipinski definition) is 4. The second-order valence-corrected chi connectivity index (χ2v) is 4.98. The highest BCUT2D eigenvalue weighted by Crippen LogP contribution is 2.26. The van der Waals surface area contributed by atoms with Crippen LogP contribution in [-0.2, 0) is 20.7 Å². The van der Waals surface area contributed by atoms with Gasteiger partial charge in [0, 0.05) is 6.92 Å². The predicted octanol–water partition coefficient (Wildman–Crippen LogP) is 2.91. The van der Waals surface area contributed by atoms with Crippen molar-refractivity contribution in [3.8, 4) is 5.75 Å². The summed E-state index contributed by atoms with van der Waals surface area (Å²) < 4.78 is 10.8. The van der Waals surface area contributed by atoms with E-state index in [-0.39, 0.29) is 19.0 Å². The summed E-state index contributed by atoms with van der Waals surface area (Å²) in [5.74, 6) is -0.144. The Morgan fingerprint density at radius 1 is 1.26 bits per heavy atom. The van der Waals surface area contributed by atoms with Crippen LogP contribution in [0.25, 0.3) is 0 Å². The maximum Gasteiger partial charge on any atom is 0.303 e. The topological polar surface area (TPSA) is 52.6 Å². The van der Waals surface area contributed by atoms with Crippen molar-refractivity contribution in [1.29, 1.82) is 0 Å². The molecule has 0 aliphatic rings. The van der Waals surface area contributed by atoms with E-state index in [4.69, 9.17) is 4.74 Å². The number of esters is 1. The Balaban J connectivity index is 2.49. The number of Topliss-reactive ketones (excluding diaryl/α,β-unsaturated/α-hetero) is 1.